The minimum atomic E-state index is -0.770. The molecule has 156 valence electrons. The third-order valence-corrected chi connectivity index (χ3v) is 4.15. The summed E-state index contributed by atoms with van der Waals surface area (Å²) in [6.45, 7) is 5.26. The molecule has 0 N–H and O–H groups in total. The van der Waals surface area contributed by atoms with Crippen LogP contribution in [0.1, 0.15) is 31.3 Å². The first kappa shape index (κ1) is 21.3. The number of methoxy groups -OCH3 is 1. The lowest BCUT2D eigenvalue weighted by Gasteiger charge is -2.27. The van der Waals surface area contributed by atoms with Crippen molar-refractivity contribution in [1.82, 2.24) is 15.0 Å². The molecule has 3 aromatic rings. The zero-order valence-corrected chi connectivity index (χ0v) is 17.8. The van der Waals surface area contributed by atoms with E-state index in [4.69, 9.17) is 21.1 Å². The zero-order valence-electron chi connectivity index (χ0n) is 17.0. The van der Waals surface area contributed by atoms with Crippen molar-refractivity contribution in [2.45, 2.75) is 26.4 Å². The maximum Gasteiger partial charge on any atom is 0.420 e. The Bertz CT molecular complexity index is 1040. The SMILES string of the molecule is COC(=O)c1nnn(-c2ccc(Cl)cc2)c1N(C(=O)OC(C)(C)C)c1ccccc1. The quantitative estimate of drug-likeness (QED) is 0.556. The van der Waals surface area contributed by atoms with Gasteiger partial charge in [0, 0.05) is 5.02 Å². The van der Waals surface area contributed by atoms with Crippen molar-refractivity contribution in [3.63, 3.8) is 0 Å². The molecular weight excluding hydrogens is 408 g/mol. The Labute approximate surface area is 179 Å². The summed E-state index contributed by atoms with van der Waals surface area (Å²) in [5.41, 5.74) is 0.104. The van der Waals surface area contributed by atoms with Gasteiger partial charge in [0.2, 0.25) is 5.69 Å². The minimum absolute atomic E-state index is 0.0876. The van der Waals surface area contributed by atoms with E-state index in [9.17, 15) is 9.59 Å². The third kappa shape index (κ3) is 4.60. The van der Waals surface area contributed by atoms with Crippen LogP contribution >= 0.6 is 11.6 Å². The number of nitrogens with zero attached hydrogens (tertiary/aromatic N) is 4. The van der Waals surface area contributed by atoms with Crippen molar-refractivity contribution in [3.8, 4) is 5.69 Å². The van der Waals surface area contributed by atoms with E-state index >= 15 is 0 Å². The van der Waals surface area contributed by atoms with E-state index in [0.717, 1.165) is 0 Å². The Morgan fingerprint density at radius 1 is 1.03 bits per heavy atom. The molecule has 0 saturated carbocycles. The second kappa shape index (κ2) is 8.54. The standard InChI is InChI=1S/C21H21ClN4O4/c1-21(2,3)30-20(28)25(15-8-6-5-7-9-15)18-17(19(27)29-4)23-24-26(18)16-12-10-14(22)11-13-16/h5-13H,1-4H3. The molecule has 0 saturated heterocycles. The van der Waals surface area contributed by atoms with Crippen LogP contribution in [0.25, 0.3) is 5.69 Å². The van der Waals surface area contributed by atoms with E-state index in [0.29, 0.717) is 16.4 Å². The highest BCUT2D eigenvalue weighted by Crippen LogP contribution is 2.32. The topological polar surface area (TPSA) is 86.5 Å². The van der Waals surface area contributed by atoms with E-state index < -0.39 is 17.7 Å². The van der Waals surface area contributed by atoms with Gasteiger partial charge in [-0.3, -0.25) is 0 Å². The van der Waals surface area contributed by atoms with Gasteiger partial charge in [-0.1, -0.05) is 35.0 Å². The van der Waals surface area contributed by atoms with Crippen LogP contribution in [0.2, 0.25) is 5.02 Å². The van der Waals surface area contributed by atoms with Gasteiger partial charge in [0.1, 0.15) is 5.60 Å². The van der Waals surface area contributed by atoms with Gasteiger partial charge in [-0.25, -0.2) is 14.5 Å². The Morgan fingerprint density at radius 3 is 2.23 bits per heavy atom. The predicted molar refractivity (Wildman–Crippen MR) is 113 cm³/mol. The van der Waals surface area contributed by atoms with Gasteiger partial charge in [0.15, 0.2) is 5.82 Å². The molecule has 3 rings (SSSR count). The second-order valence-corrected chi connectivity index (χ2v) is 7.73. The highest BCUT2D eigenvalue weighted by atomic mass is 35.5. The summed E-state index contributed by atoms with van der Waals surface area (Å²) < 4.78 is 11.8. The Morgan fingerprint density at radius 2 is 1.67 bits per heavy atom. The van der Waals surface area contributed by atoms with Gasteiger partial charge < -0.3 is 9.47 Å². The number of esters is 1. The molecule has 0 atom stereocenters. The lowest BCUT2D eigenvalue weighted by atomic mass is 10.2. The van der Waals surface area contributed by atoms with Crippen LogP contribution in [-0.2, 0) is 9.47 Å². The maximum atomic E-state index is 13.2. The average molecular weight is 429 g/mol. The molecule has 30 heavy (non-hydrogen) atoms. The molecule has 2 aromatic carbocycles. The van der Waals surface area contributed by atoms with Gasteiger partial charge in [-0.2, -0.15) is 4.68 Å². The van der Waals surface area contributed by atoms with Crippen molar-refractivity contribution < 1.29 is 19.1 Å². The molecular formula is C21H21ClN4O4. The molecule has 0 aliphatic heterocycles. The number of rotatable bonds is 4. The van der Waals surface area contributed by atoms with Gasteiger partial charge in [-0.15, -0.1) is 5.10 Å². The summed E-state index contributed by atoms with van der Waals surface area (Å²) in [5, 5.41) is 8.58. The fourth-order valence-electron chi connectivity index (χ4n) is 2.66. The number of aromatic nitrogens is 3. The van der Waals surface area contributed by atoms with Crippen LogP contribution in [0.5, 0.6) is 0 Å². The van der Waals surface area contributed by atoms with E-state index in [1.807, 2.05) is 6.07 Å². The first-order valence-electron chi connectivity index (χ1n) is 9.09. The van der Waals surface area contributed by atoms with Crippen LogP contribution < -0.4 is 4.90 Å². The largest absolute Gasteiger partial charge is 0.464 e. The van der Waals surface area contributed by atoms with E-state index in [-0.39, 0.29) is 11.5 Å². The summed E-state index contributed by atoms with van der Waals surface area (Å²) in [4.78, 5) is 26.9. The number of para-hydroxylation sites is 1. The van der Waals surface area contributed by atoms with E-state index in [1.54, 1.807) is 69.3 Å². The maximum absolute atomic E-state index is 13.2. The number of benzene rings is 2. The average Bonchev–Trinajstić information content (AvgIpc) is 3.12. The summed E-state index contributed by atoms with van der Waals surface area (Å²) in [6, 6.07) is 15.5. The number of ether oxygens (including phenoxy) is 2. The fourth-order valence-corrected chi connectivity index (χ4v) is 2.79. The zero-order chi connectivity index (χ0) is 21.9. The summed E-state index contributed by atoms with van der Waals surface area (Å²) in [7, 11) is 1.23. The van der Waals surface area contributed by atoms with Crippen molar-refractivity contribution in [2.24, 2.45) is 0 Å². The van der Waals surface area contributed by atoms with Crippen LogP contribution in [-0.4, -0.2) is 39.8 Å². The molecule has 1 amide bonds. The lowest BCUT2D eigenvalue weighted by molar-refractivity contribution is 0.0591. The molecule has 0 radical (unpaired) electrons. The second-order valence-electron chi connectivity index (χ2n) is 7.29. The number of anilines is 2. The van der Waals surface area contributed by atoms with Crippen LogP contribution in [0.4, 0.5) is 16.3 Å². The molecule has 1 aromatic heterocycles. The van der Waals surface area contributed by atoms with Gasteiger partial charge >= 0.3 is 12.1 Å². The summed E-state index contributed by atoms with van der Waals surface area (Å²) >= 11 is 5.99. The molecule has 0 aliphatic rings. The summed E-state index contributed by atoms with van der Waals surface area (Å²) in [5.74, 6) is -0.653. The smallest absolute Gasteiger partial charge is 0.420 e. The van der Waals surface area contributed by atoms with Gasteiger partial charge in [0.05, 0.1) is 18.5 Å². The Balaban J connectivity index is 2.25. The van der Waals surface area contributed by atoms with Crippen molar-refractivity contribution >= 4 is 35.2 Å². The number of halogens is 1. The highest BCUT2D eigenvalue weighted by molar-refractivity contribution is 6.30. The number of carbonyl (C=O) groups is 2. The van der Waals surface area contributed by atoms with Gasteiger partial charge in [-0.05, 0) is 57.2 Å². The van der Waals surface area contributed by atoms with Crippen molar-refractivity contribution in [2.75, 3.05) is 12.0 Å². The first-order chi connectivity index (χ1) is 14.2. The van der Waals surface area contributed by atoms with Crippen molar-refractivity contribution in [3.05, 3.63) is 65.3 Å². The molecule has 0 unspecified atom stereocenters. The molecule has 0 spiro atoms. The number of hydrogen-bond donors (Lipinski definition) is 0. The minimum Gasteiger partial charge on any atom is -0.464 e. The Hall–Kier alpha value is -3.39. The molecule has 9 heteroatoms. The molecule has 1 heterocycles. The highest BCUT2D eigenvalue weighted by Gasteiger charge is 2.33. The molecule has 0 aliphatic carbocycles. The van der Waals surface area contributed by atoms with E-state index in [2.05, 4.69) is 10.3 Å². The Kier molecular flexibility index (Phi) is 6.07. The number of carbonyl (C=O) groups excluding carboxylic acids is 2. The third-order valence-electron chi connectivity index (χ3n) is 3.90. The lowest BCUT2D eigenvalue weighted by Crippen LogP contribution is -2.35. The number of hydrogen-bond acceptors (Lipinski definition) is 6. The van der Waals surface area contributed by atoms with E-state index in [1.165, 1.54) is 16.7 Å². The summed E-state index contributed by atoms with van der Waals surface area (Å²) in [6.07, 6.45) is -0.698. The molecule has 0 fully saturated rings. The monoisotopic (exact) mass is 428 g/mol. The van der Waals surface area contributed by atoms with Gasteiger partial charge in [0.25, 0.3) is 0 Å². The fraction of sp³-hybridized carbons (Fsp3) is 0.238. The predicted octanol–water partition coefficient (Wildman–Crippen LogP) is 4.78. The number of amides is 1. The molecule has 0 bridgehead atoms. The van der Waals surface area contributed by atoms with Crippen LogP contribution in [0.15, 0.2) is 54.6 Å². The molecule has 8 nitrogen and oxygen atoms in total. The van der Waals surface area contributed by atoms with Crippen LogP contribution in [0, 0.1) is 0 Å². The van der Waals surface area contributed by atoms with Crippen molar-refractivity contribution in [1.29, 1.82) is 0 Å². The van der Waals surface area contributed by atoms with Crippen LogP contribution in [0.3, 0.4) is 0 Å². The normalized spacial score (nSPS) is 11.1. The first-order valence-corrected chi connectivity index (χ1v) is 9.47.